The smallest absolute Gasteiger partial charge is 0.122 e. The topological polar surface area (TPSA) is 47.5 Å². The number of hydrogen-bond donors (Lipinski definition) is 1. The highest BCUT2D eigenvalue weighted by Gasteiger charge is 2.16. The third-order valence-electron chi connectivity index (χ3n) is 2.71. The van der Waals surface area contributed by atoms with E-state index in [-0.39, 0.29) is 6.15 Å². The molecular formula is C12H20N2O. The molecule has 0 aliphatic carbocycles. The van der Waals surface area contributed by atoms with Gasteiger partial charge in [-0.05, 0) is 37.6 Å². The van der Waals surface area contributed by atoms with Crippen molar-refractivity contribution in [3.63, 3.8) is 0 Å². The summed E-state index contributed by atoms with van der Waals surface area (Å²) in [6, 6.07) is 6.37. The van der Waals surface area contributed by atoms with Crippen LogP contribution < -0.4 is 10.9 Å². The minimum Gasteiger partial charge on any atom is -0.494 e. The second kappa shape index (κ2) is 5.14. The summed E-state index contributed by atoms with van der Waals surface area (Å²) >= 11 is 0. The van der Waals surface area contributed by atoms with E-state index in [1.54, 1.807) is 0 Å². The largest absolute Gasteiger partial charge is 0.494 e. The van der Waals surface area contributed by atoms with E-state index in [4.69, 9.17) is 4.74 Å². The first-order valence-electron chi connectivity index (χ1n) is 5.23. The molecule has 0 atom stereocenters. The quantitative estimate of drug-likeness (QED) is 0.810. The van der Waals surface area contributed by atoms with Crippen molar-refractivity contribution < 1.29 is 4.74 Å². The van der Waals surface area contributed by atoms with Gasteiger partial charge in [0.25, 0.3) is 0 Å². The summed E-state index contributed by atoms with van der Waals surface area (Å²) in [7, 11) is 2.16. The Kier molecular flexibility index (Phi) is 4.12. The van der Waals surface area contributed by atoms with Gasteiger partial charge in [-0.25, -0.2) is 0 Å². The molecule has 0 unspecified atom stereocenters. The fourth-order valence-corrected chi connectivity index (χ4v) is 2.01. The summed E-state index contributed by atoms with van der Waals surface area (Å²) in [5.41, 5.74) is 2.83. The number of hydrogen-bond acceptors (Lipinski definition) is 3. The molecule has 3 nitrogen and oxygen atoms in total. The van der Waals surface area contributed by atoms with Crippen LogP contribution in [0.15, 0.2) is 18.2 Å². The van der Waals surface area contributed by atoms with Crippen molar-refractivity contribution in [2.24, 2.45) is 0 Å². The van der Waals surface area contributed by atoms with Crippen LogP contribution in [0.25, 0.3) is 0 Å². The van der Waals surface area contributed by atoms with E-state index in [0.29, 0.717) is 0 Å². The lowest BCUT2D eigenvalue weighted by molar-refractivity contribution is 0.297. The second-order valence-electron chi connectivity index (χ2n) is 3.81. The van der Waals surface area contributed by atoms with Crippen molar-refractivity contribution in [3.8, 4) is 5.75 Å². The lowest BCUT2D eigenvalue weighted by atomic mass is 9.99. The Morgan fingerprint density at radius 2 is 2.20 bits per heavy atom. The van der Waals surface area contributed by atoms with Crippen molar-refractivity contribution >= 4 is 0 Å². The number of ether oxygens (including phenoxy) is 1. The van der Waals surface area contributed by atoms with E-state index in [0.717, 1.165) is 31.9 Å². The predicted octanol–water partition coefficient (Wildman–Crippen LogP) is 2.24. The molecule has 0 aromatic heterocycles. The fraction of sp³-hybridized carbons (Fsp3) is 0.500. The lowest BCUT2D eigenvalue weighted by Gasteiger charge is -2.26. The maximum absolute atomic E-state index is 5.62. The average molecular weight is 208 g/mol. The molecule has 0 spiro atoms. The third-order valence-corrected chi connectivity index (χ3v) is 2.71. The zero-order valence-corrected chi connectivity index (χ0v) is 9.62. The van der Waals surface area contributed by atoms with Gasteiger partial charge in [0.05, 0.1) is 6.61 Å². The SMILES string of the molecule is CCOc1cccc2c1CCN(C)C2.N. The van der Waals surface area contributed by atoms with Gasteiger partial charge in [0, 0.05) is 13.1 Å². The molecule has 0 amide bonds. The van der Waals surface area contributed by atoms with Crippen LogP contribution in [-0.4, -0.2) is 25.1 Å². The summed E-state index contributed by atoms with van der Waals surface area (Å²) in [6.07, 6.45) is 1.11. The highest BCUT2D eigenvalue weighted by molar-refractivity contribution is 5.41. The molecule has 0 fully saturated rings. The number of benzene rings is 1. The van der Waals surface area contributed by atoms with Gasteiger partial charge in [-0.1, -0.05) is 12.1 Å². The van der Waals surface area contributed by atoms with Gasteiger partial charge in [0.15, 0.2) is 0 Å². The van der Waals surface area contributed by atoms with Crippen molar-refractivity contribution in [2.75, 3.05) is 20.2 Å². The standard InChI is InChI=1S/C12H17NO.H3N/c1-3-14-12-6-4-5-10-9-13(2)8-7-11(10)12;/h4-6H,3,7-9H2,1-2H3;1H3. The van der Waals surface area contributed by atoms with E-state index in [1.807, 2.05) is 6.92 Å². The summed E-state index contributed by atoms with van der Waals surface area (Å²) < 4.78 is 5.62. The van der Waals surface area contributed by atoms with Gasteiger partial charge in [-0.2, -0.15) is 0 Å². The highest BCUT2D eigenvalue weighted by atomic mass is 16.5. The van der Waals surface area contributed by atoms with Crippen LogP contribution >= 0.6 is 0 Å². The summed E-state index contributed by atoms with van der Waals surface area (Å²) in [5.74, 6) is 1.08. The Labute approximate surface area is 91.6 Å². The number of likely N-dealkylation sites (N-methyl/N-ethyl adjacent to an activating group) is 1. The van der Waals surface area contributed by atoms with Gasteiger partial charge >= 0.3 is 0 Å². The molecule has 3 N–H and O–H groups in total. The molecule has 0 saturated carbocycles. The molecular weight excluding hydrogens is 188 g/mol. The zero-order valence-electron chi connectivity index (χ0n) is 9.62. The van der Waals surface area contributed by atoms with Crippen molar-refractivity contribution in [3.05, 3.63) is 29.3 Å². The summed E-state index contributed by atoms with van der Waals surface area (Å²) in [4.78, 5) is 2.35. The Bertz CT molecular complexity index is 311. The normalized spacial score (nSPS) is 15.3. The van der Waals surface area contributed by atoms with Crippen LogP contribution in [0.1, 0.15) is 18.1 Å². The predicted molar refractivity (Wildman–Crippen MR) is 62.7 cm³/mol. The molecule has 3 heteroatoms. The maximum atomic E-state index is 5.62. The monoisotopic (exact) mass is 208 g/mol. The first-order valence-corrected chi connectivity index (χ1v) is 5.23. The highest BCUT2D eigenvalue weighted by Crippen LogP contribution is 2.27. The van der Waals surface area contributed by atoms with Crippen LogP contribution in [0.2, 0.25) is 0 Å². The minimum absolute atomic E-state index is 0. The first-order chi connectivity index (χ1) is 6.81. The molecule has 0 saturated heterocycles. The number of rotatable bonds is 2. The molecule has 1 aromatic rings. The van der Waals surface area contributed by atoms with Crippen molar-refractivity contribution in [1.82, 2.24) is 11.1 Å². The van der Waals surface area contributed by atoms with Crippen molar-refractivity contribution in [1.29, 1.82) is 0 Å². The number of nitrogens with zero attached hydrogens (tertiary/aromatic N) is 1. The van der Waals surface area contributed by atoms with E-state index >= 15 is 0 Å². The lowest BCUT2D eigenvalue weighted by Crippen LogP contribution is -2.26. The van der Waals surface area contributed by atoms with Gasteiger partial charge in [-0.3, -0.25) is 0 Å². The first kappa shape index (κ1) is 12.0. The molecule has 84 valence electrons. The Morgan fingerprint density at radius 3 is 2.93 bits per heavy atom. The molecule has 1 aromatic carbocycles. The van der Waals surface area contributed by atoms with Crippen LogP contribution in [0, 0.1) is 0 Å². The average Bonchev–Trinajstić information content (AvgIpc) is 2.18. The zero-order chi connectivity index (χ0) is 9.97. The third kappa shape index (κ3) is 2.49. The van der Waals surface area contributed by atoms with E-state index in [1.165, 1.54) is 11.1 Å². The Hall–Kier alpha value is -1.06. The maximum Gasteiger partial charge on any atom is 0.122 e. The van der Waals surface area contributed by atoms with Gasteiger partial charge in [0.1, 0.15) is 5.75 Å². The van der Waals surface area contributed by atoms with Gasteiger partial charge in [0.2, 0.25) is 0 Å². The molecule has 15 heavy (non-hydrogen) atoms. The number of fused-ring (bicyclic) bond motifs is 1. The minimum atomic E-state index is 0. The molecule has 0 bridgehead atoms. The molecule has 1 aliphatic rings. The van der Waals surface area contributed by atoms with E-state index < -0.39 is 0 Å². The molecule has 1 aliphatic heterocycles. The Balaban J connectivity index is 0.00000112. The second-order valence-corrected chi connectivity index (χ2v) is 3.81. The summed E-state index contributed by atoms with van der Waals surface area (Å²) in [5, 5.41) is 0. The van der Waals surface area contributed by atoms with Crippen molar-refractivity contribution in [2.45, 2.75) is 19.9 Å². The van der Waals surface area contributed by atoms with Crippen LogP contribution in [0.3, 0.4) is 0 Å². The molecule has 1 heterocycles. The van der Waals surface area contributed by atoms with Gasteiger partial charge in [-0.15, -0.1) is 0 Å². The van der Waals surface area contributed by atoms with E-state index in [2.05, 4.69) is 30.1 Å². The van der Waals surface area contributed by atoms with Gasteiger partial charge < -0.3 is 15.8 Å². The summed E-state index contributed by atoms with van der Waals surface area (Å²) in [6.45, 7) is 4.98. The molecule has 2 rings (SSSR count). The van der Waals surface area contributed by atoms with Crippen LogP contribution in [-0.2, 0) is 13.0 Å². The van der Waals surface area contributed by atoms with Crippen LogP contribution in [0.5, 0.6) is 5.75 Å². The molecule has 0 radical (unpaired) electrons. The van der Waals surface area contributed by atoms with Crippen LogP contribution in [0.4, 0.5) is 0 Å². The Morgan fingerprint density at radius 1 is 1.40 bits per heavy atom. The van der Waals surface area contributed by atoms with E-state index in [9.17, 15) is 0 Å². The fourth-order valence-electron chi connectivity index (χ4n) is 2.01.